The summed E-state index contributed by atoms with van der Waals surface area (Å²) in [6.45, 7) is 0.709. The molecule has 1 fully saturated rings. The largest absolute Gasteiger partial charge is 0.497 e. The monoisotopic (exact) mass is 250 g/mol. The van der Waals surface area contributed by atoms with E-state index < -0.39 is 0 Å². The van der Waals surface area contributed by atoms with E-state index in [2.05, 4.69) is 5.32 Å². The van der Waals surface area contributed by atoms with E-state index in [0.29, 0.717) is 18.0 Å². The maximum atomic E-state index is 12.1. The number of carbonyl (C=O) groups excluding carboxylic acids is 1. The number of amides is 1. The molecule has 1 aromatic rings. The zero-order chi connectivity index (χ0) is 13.1. The number of nitrogens with zero attached hydrogens (tertiary/aromatic N) is 1. The van der Waals surface area contributed by atoms with E-state index in [0.717, 1.165) is 12.1 Å². The Labute approximate surface area is 107 Å². The highest BCUT2D eigenvalue weighted by Gasteiger charge is 2.31. The smallest absolute Gasteiger partial charge is 0.244 e. The van der Waals surface area contributed by atoms with Crippen LogP contribution >= 0.6 is 0 Å². The fourth-order valence-corrected chi connectivity index (χ4v) is 2.15. The number of rotatable bonds is 4. The Bertz CT molecular complexity index is 426. The van der Waals surface area contributed by atoms with Crippen molar-refractivity contribution < 1.29 is 14.3 Å². The zero-order valence-corrected chi connectivity index (χ0v) is 10.9. The Kier molecular flexibility index (Phi) is 3.72. The van der Waals surface area contributed by atoms with Crippen molar-refractivity contribution in [3.63, 3.8) is 0 Å². The lowest BCUT2D eigenvalue weighted by Gasteiger charge is -2.18. The van der Waals surface area contributed by atoms with Crippen molar-refractivity contribution in [1.82, 2.24) is 5.32 Å². The molecule has 0 aromatic heterocycles. The average molecular weight is 250 g/mol. The van der Waals surface area contributed by atoms with Gasteiger partial charge in [0.1, 0.15) is 11.5 Å². The number of carbonyl (C=O) groups is 1. The van der Waals surface area contributed by atoms with Crippen molar-refractivity contribution in [2.75, 3.05) is 32.7 Å². The summed E-state index contributed by atoms with van der Waals surface area (Å²) >= 11 is 0. The van der Waals surface area contributed by atoms with Gasteiger partial charge in [0, 0.05) is 24.7 Å². The molecule has 18 heavy (non-hydrogen) atoms. The van der Waals surface area contributed by atoms with Gasteiger partial charge in [-0.05, 0) is 13.5 Å². The van der Waals surface area contributed by atoms with Gasteiger partial charge in [0.2, 0.25) is 5.91 Å². The number of hydrogen-bond acceptors (Lipinski definition) is 4. The van der Waals surface area contributed by atoms with Gasteiger partial charge in [-0.15, -0.1) is 0 Å². The maximum absolute atomic E-state index is 12.1. The van der Waals surface area contributed by atoms with Crippen LogP contribution in [0, 0.1) is 0 Å². The number of methoxy groups -OCH3 is 2. The van der Waals surface area contributed by atoms with E-state index in [4.69, 9.17) is 9.47 Å². The minimum Gasteiger partial charge on any atom is -0.497 e. The van der Waals surface area contributed by atoms with Gasteiger partial charge >= 0.3 is 0 Å². The van der Waals surface area contributed by atoms with E-state index in [1.54, 1.807) is 32.2 Å². The summed E-state index contributed by atoms with van der Waals surface area (Å²) in [4.78, 5) is 13.9. The first-order chi connectivity index (χ1) is 8.69. The average Bonchev–Trinajstić information content (AvgIpc) is 2.79. The summed E-state index contributed by atoms with van der Waals surface area (Å²) in [5.74, 6) is 1.46. The molecule has 1 aliphatic heterocycles. The van der Waals surface area contributed by atoms with Crippen LogP contribution in [0.15, 0.2) is 18.2 Å². The lowest BCUT2D eigenvalue weighted by atomic mass is 10.2. The van der Waals surface area contributed by atoms with Crippen molar-refractivity contribution in [3.8, 4) is 11.5 Å². The van der Waals surface area contributed by atoms with Crippen LogP contribution in [0.2, 0.25) is 0 Å². The molecule has 0 spiro atoms. The molecule has 0 aliphatic carbocycles. The first-order valence-corrected chi connectivity index (χ1v) is 5.91. The third-order valence-corrected chi connectivity index (χ3v) is 3.20. The van der Waals surface area contributed by atoms with Gasteiger partial charge in [-0.1, -0.05) is 0 Å². The highest BCUT2D eigenvalue weighted by atomic mass is 16.5. The number of ether oxygens (including phenoxy) is 2. The van der Waals surface area contributed by atoms with Crippen LogP contribution < -0.4 is 19.7 Å². The van der Waals surface area contributed by atoms with Crippen molar-refractivity contribution in [3.05, 3.63) is 18.2 Å². The quantitative estimate of drug-likeness (QED) is 0.867. The molecule has 1 N–H and O–H groups in total. The third kappa shape index (κ3) is 2.26. The number of likely N-dealkylation sites (N-methyl/N-ethyl adjacent to an activating group) is 1. The van der Waals surface area contributed by atoms with Crippen LogP contribution in [-0.2, 0) is 4.79 Å². The molecular weight excluding hydrogens is 232 g/mol. The molecule has 1 aromatic carbocycles. The lowest BCUT2D eigenvalue weighted by Crippen LogP contribution is -2.36. The van der Waals surface area contributed by atoms with Gasteiger partial charge in [0.05, 0.1) is 25.9 Å². The zero-order valence-electron chi connectivity index (χ0n) is 10.9. The van der Waals surface area contributed by atoms with Crippen LogP contribution in [-0.4, -0.2) is 39.8 Å². The van der Waals surface area contributed by atoms with Gasteiger partial charge in [-0.25, -0.2) is 0 Å². The highest BCUT2D eigenvalue weighted by molar-refractivity contribution is 5.99. The summed E-state index contributed by atoms with van der Waals surface area (Å²) in [6.07, 6.45) is 0.814. The summed E-state index contributed by atoms with van der Waals surface area (Å²) in [5, 5.41) is 3.02. The molecule has 0 bridgehead atoms. The van der Waals surface area contributed by atoms with E-state index >= 15 is 0 Å². The van der Waals surface area contributed by atoms with Crippen molar-refractivity contribution in [2.45, 2.75) is 12.5 Å². The number of nitrogens with one attached hydrogen (secondary N) is 1. The second-order valence-corrected chi connectivity index (χ2v) is 4.19. The number of hydrogen-bond donors (Lipinski definition) is 1. The SMILES string of the molecule is CN[C@@H]1CCN(c2cc(OC)cc(OC)c2)C1=O. The molecule has 0 saturated carbocycles. The summed E-state index contributed by atoms with van der Waals surface area (Å²) < 4.78 is 10.4. The molecule has 5 nitrogen and oxygen atoms in total. The Hall–Kier alpha value is -1.75. The van der Waals surface area contributed by atoms with E-state index in [1.807, 2.05) is 12.1 Å². The maximum Gasteiger partial charge on any atom is 0.244 e. The van der Waals surface area contributed by atoms with Crippen LogP contribution in [0.4, 0.5) is 5.69 Å². The van der Waals surface area contributed by atoms with Gasteiger partial charge in [-0.2, -0.15) is 0 Å². The predicted octanol–water partition coefficient (Wildman–Crippen LogP) is 1.03. The van der Waals surface area contributed by atoms with Crippen LogP contribution in [0.5, 0.6) is 11.5 Å². The molecule has 1 aliphatic rings. The van der Waals surface area contributed by atoms with Crippen molar-refractivity contribution >= 4 is 11.6 Å². The highest BCUT2D eigenvalue weighted by Crippen LogP contribution is 2.30. The molecular formula is C13H18N2O3. The molecule has 98 valence electrons. The van der Waals surface area contributed by atoms with Crippen molar-refractivity contribution in [2.24, 2.45) is 0 Å². The number of anilines is 1. The van der Waals surface area contributed by atoms with Crippen molar-refractivity contribution in [1.29, 1.82) is 0 Å². The summed E-state index contributed by atoms with van der Waals surface area (Å²) in [7, 11) is 5.00. The third-order valence-electron chi connectivity index (χ3n) is 3.20. The summed E-state index contributed by atoms with van der Waals surface area (Å²) in [5.41, 5.74) is 0.814. The molecule has 5 heteroatoms. The Morgan fingerprint density at radius 2 is 1.83 bits per heavy atom. The van der Waals surface area contributed by atoms with Crippen LogP contribution in [0.25, 0.3) is 0 Å². The second-order valence-electron chi connectivity index (χ2n) is 4.19. The molecule has 1 amide bonds. The molecule has 1 saturated heterocycles. The van der Waals surface area contributed by atoms with Gasteiger partial charge in [0.25, 0.3) is 0 Å². The van der Waals surface area contributed by atoms with Gasteiger partial charge in [-0.3, -0.25) is 4.79 Å². The van der Waals surface area contributed by atoms with Crippen LogP contribution in [0.3, 0.4) is 0 Å². The minimum atomic E-state index is -0.0952. The molecule has 0 unspecified atom stereocenters. The first kappa shape index (κ1) is 12.7. The molecule has 1 atom stereocenters. The predicted molar refractivity (Wildman–Crippen MR) is 69.4 cm³/mol. The minimum absolute atomic E-state index is 0.0906. The fourth-order valence-electron chi connectivity index (χ4n) is 2.15. The first-order valence-electron chi connectivity index (χ1n) is 5.91. The standard InChI is InChI=1S/C13H18N2O3/c1-14-12-4-5-15(13(12)16)9-6-10(17-2)8-11(7-9)18-3/h6-8,12,14H,4-5H2,1-3H3/t12-/m1/s1. The molecule has 1 heterocycles. The summed E-state index contributed by atoms with van der Waals surface area (Å²) in [6, 6.07) is 5.39. The van der Waals surface area contributed by atoms with E-state index in [9.17, 15) is 4.79 Å². The Balaban J connectivity index is 2.30. The molecule has 2 rings (SSSR count). The topological polar surface area (TPSA) is 50.8 Å². The fraction of sp³-hybridized carbons (Fsp3) is 0.462. The Morgan fingerprint density at radius 1 is 1.22 bits per heavy atom. The van der Waals surface area contributed by atoms with Crippen LogP contribution in [0.1, 0.15) is 6.42 Å². The van der Waals surface area contributed by atoms with Gasteiger partial charge < -0.3 is 19.7 Å². The van der Waals surface area contributed by atoms with E-state index in [1.165, 1.54) is 0 Å². The molecule has 0 radical (unpaired) electrons. The van der Waals surface area contributed by atoms with E-state index in [-0.39, 0.29) is 11.9 Å². The lowest BCUT2D eigenvalue weighted by molar-refractivity contribution is -0.118. The van der Waals surface area contributed by atoms with Gasteiger partial charge in [0.15, 0.2) is 0 Å². The number of benzene rings is 1. The normalized spacial score (nSPS) is 19.2. The Morgan fingerprint density at radius 3 is 2.28 bits per heavy atom. The second kappa shape index (κ2) is 5.27.